The van der Waals surface area contributed by atoms with E-state index in [0.717, 1.165) is 23.9 Å². The Bertz CT molecular complexity index is 1380. The van der Waals surface area contributed by atoms with Gasteiger partial charge in [0.15, 0.2) is 5.58 Å². The molecule has 3 heterocycles. The summed E-state index contributed by atoms with van der Waals surface area (Å²) in [5.41, 5.74) is 3.05. The molecule has 1 N–H and O–H groups in total. The van der Waals surface area contributed by atoms with Gasteiger partial charge < -0.3 is 14.5 Å². The molecule has 1 fully saturated rings. The normalized spacial score (nSPS) is 17.1. The van der Waals surface area contributed by atoms with Crippen LogP contribution in [0, 0.1) is 5.92 Å². The fraction of sp³-hybridized carbons (Fsp3) is 0.346. The minimum atomic E-state index is -0.390. The van der Waals surface area contributed by atoms with E-state index in [1.54, 1.807) is 29.0 Å². The van der Waals surface area contributed by atoms with Crippen molar-refractivity contribution in [1.29, 1.82) is 0 Å². The van der Waals surface area contributed by atoms with Gasteiger partial charge in [-0.05, 0) is 54.5 Å². The summed E-state index contributed by atoms with van der Waals surface area (Å²) in [5.74, 6) is -0.197. The number of oxazole rings is 1. The average molecular weight is 461 g/mol. The molecule has 0 saturated carbocycles. The standard InChI is InChI=1S/C26H28N4O4/c1-2-30-23-6-5-22(13-24(23)34-26(30)32)28-25(31)16-29-9-10-33-17-19(15-29)11-18-3-4-20-7-8-27-14-21(20)12-18/h3-8,12-14,19H,2,9-11,15-17H2,1H3,(H,28,31). The van der Waals surface area contributed by atoms with Gasteiger partial charge in [0.1, 0.15) is 0 Å². The highest BCUT2D eigenvalue weighted by molar-refractivity contribution is 5.94. The van der Waals surface area contributed by atoms with Crippen molar-refractivity contribution in [3.63, 3.8) is 0 Å². The summed E-state index contributed by atoms with van der Waals surface area (Å²) < 4.78 is 12.7. The zero-order valence-electron chi connectivity index (χ0n) is 19.2. The molecule has 0 bridgehead atoms. The fourth-order valence-electron chi connectivity index (χ4n) is 4.66. The third-order valence-corrected chi connectivity index (χ3v) is 6.29. The number of aryl methyl sites for hydroxylation is 1. The third-order valence-electron chi connectivity index (χ3n) is 6.29. The SMILES string of the molecule is CCn1c(=O)oc2cc(NC(=O)CN3CCOCC(Cc4ccc5ccncc5c4)C3)ccc21. The smallest absolute Gasteiger partial charge is 0.408 e. The number of nitrogens with zero attached hydrogens (tertiary/aromatic N) is 3. The minimum Gasteiger partial charge on any atom is -0.408 e. The van der Waals surface area contributed by atoms with E-state index in [9.17, 15) is 9.59 Å². The number of ether oxygens (including phenoxy) is 1. The number of amides is 1. The van der Waals surface area contributed by atoms with Crippen LogP contribution in [0.2, 0.25) is 0 Å². The van der Waals surface area contributed by atoms with E-state index >= 15 is 0 Å². The van der Waals surface area contributed by atoms with Crippen molar-refractivity contribution < 1.29 is 13.9 Å². The van der Waals surface area contributed by atoms with Gasteiger partial charge >= 0.3 is 5.76 Å². The summed E-state index contributed by atoms with van der Waals surface area (Å²) in [6.07, 6.45) is 4.57. The molecule has 1 aliphatic heterocycles. The van der Waals surface area contributed by atoms with E-state index in [-0.39, 0.29) is 18.2 Å². The first-order valence-electron chi connectivity index (χ1n) is 11.6. The van der Waals surface area contributed by atoms with Gasteiger partial charge in [-0.25, -0.2) is 4.79 Å². The van der Waals surface area contributed by atoms with Gasteiger partial charge in [-0.3, -0.25) is 19.2 Å². The molecule has 2 aromatic heterocycles. The Morgan fingerprint density at radius 3 is 2.97 bits per heavy atom. The molecule has 2 aromatic carbocycles. The Hall–Kier alpha value is -3.49. The van der Waals surface area contributed by atoms with E-state index in [4.69, 9.17) is 9.15 Å². The van der Waals surface area contributed by atoms with E-state index in [1.807, 2.05) is 19.2 Å². The summed E-state index contributed by atoms with van der Waals surface area (Å²) in [6, 6.07) is 13.8. The molecule has 8 nitrogen and oxygen atoms in total. The number of anilines is 1. The van der Waals surface area contributed by atoms with Gasteiger partial charge in [0.25, 0.3) is 0 Å². The maximum atomic E-state index is 12.8. The highest BCUT2D eigenvalue weighted by Gasteiger charge is 2.21. The largest absolute Gasteiger partial charge is 0.419 e. The number of rotatable bonds is 6. The lowest BCUT2D eigenvalue weighted by Gasteiger charge is -2.23. The highest BCUT2D eigenvalue weighted by Crippen LogP contribution is 2.20. The Kier molecular flexibility index (Phi) is 6.42. The monoisotopic (exact) mass is 460 g/mol. The minimum absolute atomic E-state index is 0.103. The summed E-state index contributed by atoms with van der Waals surface area (Å²) in [4.78, 5) is 31.0. The van der Waals surface area contributed by atoms with Crippen LogP contribution in [-0.2, 0) is 22.5 Å². The molecule has 5 rings (SSSR count). The van der Waals surface area contributed by atoms with Gasteiger partial charge in [0.2, 0.25) is 5.91 Å². The number of hydrogen-bond donors (Lipinski definition) is 1. The predicted octanol–water partition coefficient (Wildman–Crippen LogP) is 3.29. The molecule has 0 aliphatic carbocycles. The summed E-state index contributed by atoms with van der Waals surface area (Å²) in [7, 11) is 0. The maximum Gasteiger partial charge on any atom is 0.419 e. The second-order valence-electron chi connectivity index (χ2n) is 8.78. The number of fused-ring (bicyclic) bond motifs is 2. The van der Waals surface area contributed by atoms with Crippen LogP contribution in [0.3, 0.4) is 0 Å². The van der Waals surface area contributed by atoms with Crippen LogP contribution < -0.4 is 11.1 Å². The molecular formula is C26H28N4O4. The molecule has 0 spiro atoms. The van der Waals surface area contributed by atoms with Gasteiger partial charge in [0.05, 0.1) is 25.3 Å². The van der Waals surface area contributed by atoms with Crippen molar-refractivity contribution in [2.75, 3.05) is 38.2 Å². The predicted molar refractivity (Wildman–Crippen MR) is 131 cm³/mol. The van der Waals surface area contributed by atoms with Gasteiger partial charge in [0, 0.05) is 49.2 Å². The first-order chi connectivity index (χ1) is 16.6. The topological polar surface area (TPSA) is 89.6 Å². The van der Waals surface area contributed by atoms with E-state index in [2.05, 4.69) is 33.4 Å². The van der Waals surface area contributed by atoms with Crippen molar-refractivity contribution in [2.45, 2.75) is 19.9 Å². The molecule has 1 amide bonds. The Labute approximate surface area is 197 Å². The fourth-order valence-corrected chi connectivity index (χ4v) is 4.66. The molecule has 1 saturated heterocycles. The first-order valence-corrected chi connectivity index (χ1v) is 11.6. The lowest BCUT2D eigenvalue weighted by atomic mass is 9.98. The van der Waals surface area contributed by atoms with Crippen LogP contribution in [0.25, 0.3) is 21.9 Å². The average Bonchev–Trinajstić information content (AvgIpc) is 2.98. The van der Waals surface area contributed by atoms with Crippen LogP contribution in [0.4, 0.5) is 5.69 Å². The number of nitrogens with one attached hydrogen (secondary N) is 1. The number of hydrogen-bond acceptors (Lipinski definition) is 6. The Morgan fingerprint density at radius 1 is 1.18 bits per heavy atom. The van der Waals surface area contributed by atoms with Gasteiger partial charge in [-0.1, -0.05) is 12.1 Å². The lowest BCUT2D eigenvalue weighted by molar-refractivity contribution is -0.117. The van der Waals surface area contributed by atoms with E-state index in [1.165, 1.54) is 10.9 Å². The van der Waals surface area contributed by atoms with E-state index < -0.39 is 0 Å². The van der Waals surface area contributed by atoms with Gasteiger partial charge in [-0.15, -0.1) is 0 Å². The van der Waals surface area contributed by atoms with E-state index in [0.29, 0.717) is 43.5 Å². The molecule has 1 unspecified atom stereocenters. The number of pyridine rings is 1. The number of aromatic nitrogens is 2. The molecule has 0 radical (unpaired) electrons. The third kappa shape index (κ3) is 4.88. The van der Waals surface area contributed by atoms with Crippen LogP contribution in [0.1, 0.15) is 12.5 Å². The second-order valence-corrected chi connectivity index (χ2v) is 8.78. The van der Waals surface area contributed by atoms with Crippen molar-refractivity contribution in [3.05, 3.63) is 71.0 Å². The van der Waals surface area contributed by atoms with Gasteiger partial charge in [-0.2, -0.15) is 0 Å². The lowest BCUT2D eigenvalue weighted by Crippen LogP contribution is -2.37. The van der Waals surface area contributed by atoms with Crippen LogP contribution >= 0.6 is 0 Å². The molecule has 1 atom stereocenters. The second kappa shape index (κ2) is 9.79. The molecular weight excluding hydrogens is 432 g/mol. The van der Waals surface area contributed by atoms with Crippen LogP contribution in [0.5, 0.6) is 0 Å². The maximum absolute atomic E-state index is 12.8. The molecule has 8 heteroatoms. The number of carbonyl (C=O) groups is 1. The summed E-state index contributed by atoms with van der Waals surface area (Å²) in [6.45, 7) is 5.47. The summed E-state index contributed by atoms with van der Waals surface area (Å²) in [5, 5.41) is 5.24. The van der Waals surface area contributed by atoms with Crippen molar-refractivity contribution in [1.82, 2.24) is 14.5 Å². The first kappa shape index (κ1) is 22.3. The van der Waals surface area contributed by atoms with Crippen LogP contribution in [0.15, 0.2) is 64.1 Å². The number of benzene rings is 2. The van der Waals surface area contributed by atoms with Crippen molar-refractivity contribution >= 4 is 33.5 Å². The highest BCUT2D eigenvalue weighted by atomic mass is 16.5. The number of carbonyl (C=O) groups excluding carboxylic acids is 1. The van der Waals surface area contributed by atoms with Crippen LogP contribution in [-0.4, -0.2) is 53.2 Å². The molecule has 1 aliphatic rings. The zero-order chi connectivity index (χ0) is 23.5. The summed E-state index contributed by atoms with van der Waals surface area (Å²) >= 11 is 0. The molecule has 34 heavy (non-hydrogen) atoms. The zero-order valence-corrected chi connectivity index (χ0v) is 19.2. The Morgan fingerprint density at radius 2 is 2.09 bits per heavy atom. The molecule has 176 valence electrons. The van der Waals surface area contributed by atoms with Crippen molar-refractivity contribution in [3.8, 4) is 0 Å². The van der Waals surface area contributed by atoms with Crippen molar-refractivity contribution in [2.24, 2.45) is 5.92 Å². The quantitative estimate of drug-likeness (QED) is 0.475. The molecule has 4 aromatic rings. The Balaban J connectivity index is 1.22.